The van der Waals surface area contributed by atoms with Crippen molar-refractivity contribution in [3.8, 4) is 5.75 Å². The molecular weight excluding hydrogens is 373 g/mol. The highest BCUT2D eigenvalue weighted by atomic mass is 35.5. The number of nitrogens with zero attached hydrogens (tertiary/aromatic N) is 1. The summed E-state index contributed by atoms with van der Waals surface area (Å²) in [5, 5.41) is 10.2. The average Bonchev–Trinajstić information content (AvgIpc) is 2.52. The summed E-state index contributed by atoms with van der Waals surface area (Å²) in [5.74, 6) is -0.101. The van der Waals surface area contributed by atoms with Crippen LogP contribution in [-0.2, 0) is 17.9 Å². The fourth-order valence-electron chi connectivity index (χ4n) is 3.28. The van der Waals surface area contributed by atoms with Gasteiger partial charge in [-0.25, -0.2) is 0 Å². The monoisotopic (exact) mass is 393 g/mol. The summed E-state index contributed by atoms with van der Waals surface area (Å²) in [4.78, 5) is 13.0. The van der Waals surface area contributed by atoms with Crippen molar-refractivity contribution in [2.75, 3.05) is 13.1 Å². The van der Waals surface area contributed by atoms with Crippen molar-refractivity contribution in [3.63, 3.8) is 0 Å². The lowest BCUT2D eigenvalue weighted by atomic mass is 9.98. The largest absolute Gasteiger partial charge is 0.488 e. The maximum Gasteiger partial charge on any atom is 0.309 e. The van der Waals surface area contributed by atoms with Gasteiger partial charge in [-0.2, -0.15) is 0 Å². The maximum atomic E-state index is 10.9. The summed E-state index contributed by atoms with van der Waals surface area (Å²) >= 11 is 12.2. The van der Waals surface area contributed by atoms with Gasteiger partial charge in [-0.1, -0.05) is 35.3 Å². The Morgan fingerprint density at radius 1 is 1.19 bits per heavy atom. The molecule has 0 amide bonds. The number of hydrogen-bond acceptors (Lipinski definition) is 3. The first-order valence-corrected chi connectivity index (χ1v) is 9.21. The van der Waals surface area contributed by atoms with Crippen LogP contribution in [0.5, 0.6) is 5.75 Å². The molecule has 1 saturated heterocycles. The molecule has 4 nitrogen and oxygen atoms in total. The molecule has 1 heterocycles. The zero-order valence-electron chi connectivity index (χ0n) is 14.8. The molecule has 1 fully saturated rings. The van der Waals surface area contributed by atoms with E-state index < -0.39 is 5.97 Å². The van der Waals surface area contributed by atoms with Crippen LogP contribution >= 0.6 is 23.2 Å². The minimum absolute atomic E-state index is 0.234. The van der Waals surface area contributed by atoms with Gasteiger partial charge in [-0.15, -0.1) is 0 Å². The zero-order valence-corrected chi connectivity index (χ0v) is 16.3. The molecule has 1 aliphatic heterocycles. The number of carboxylic acids is 1. The van der Waals surface area contributed by atoms with Crippen LogP contribution in [0.25, 0.3) is 0 Å². The van der Waals surface area contributed by atoms with Gasteiger partial charge < -0.3 is 9.84 Å². The fourth-order valence-corrected chi connectivity index (χ4v) is 3.64. The van der Waals surface area contributed by atoms with Gasteiger partial charge in [0.1, 0.15) is 12.4 Å². The van der Waals surface area contributed by atoms with Gasteiger partial charge in [0, 0.05) is 35.2 Å². The SMILES string of the molecule is Cc1cc(CN2CC(C(=O)O)C2)cc(C)c1OCc1cc(Cl)ccc1Cl. The van der Waals surface area contributed by atoms with E-state index in [0.29, 0.717) is 29.7 Å². The van der Waals surface area contributed by atoms with Crippen LogP contribution < -0.4 is 4.74 Å². The van der Waals surface area contributed by atoms with Crippen molar-refractivity contribution >= 4 is 29.2 Å². The van der Waals surface area contributed by atoms with E-state index in [1.165, 1.54) is 0 Å². The van der Waals surface area contributed by atoms with Crippen LogP contribution in [0.2, 0.25) is 10.0 Å². The Labute approximate surface area is 163 Å². The highest BCUT2D eigenvalue weighted by molar-refractivity contribution is 6.33. The van der Waals surface area contributed by atoms with Gasteiger partial charge >= 0.3 is 5.97 Å². The van der Waals surface area contributed by atoms with Crippen molar-refractivity contribution in [3.05, 3.63) is 62.6 Å². The molecule has 0 aromatic heterocycles. The van der Waals surface area contributed by atoms with E-state index in [1.807, 2.05) is 19.9 Å². The molecule has 0 bridgehead atoms. The van der Waals surface area contributed by atoms with Crippen LogP contribution in [0, 0.1) is 19.8 Å². The van der Waals surface area contributed by atoms with E-state index in [0.717, 1.165) is 34.5 Å². The number of carboxylic acid groups (broad SMARTS) is 1. The smallest absolute Gasteiger partial charge is 0.309 e. The van der Waals surface area contributed by atoms with E-state index in [4.69, 9.17) is 33.0 Å². The molecule has 26 heavy (non-hydrogen) atoms. The van der Waals surface area contributed by atoms with Gasteiger partial charge in [0.05, 0.1) is 5.92 Å². The lowest BCUT2D eigenvalue weighted by molar-refractivity contribution is -0.147. The van der Waals surface area contributed by atoms with Crippen LogP contribution in [0.4, 0.5) is 0 Å². The van der Waals surface area contributed by atoms with Gasteiger partial charge in [-0.05, 0) is 48.7 Å². The maximum absolute atomic E-state index is 10.9. The van der Waals surface area contributed by atoms with E-state index >= 15 is 0 Å². The number of hydrogen-bond donors (Lipinski definition) is 1. The Hall–Kier alpha value is -1.75. The summed E-state index contributed by atoms with van der Waals surface area (Å²) in [7, 11) is 0. The van der Waals surface area contributed by atoms with Crippen LogP contribution in [0.1, 0.15) is 22.3 Å². The zero-order chi connectivity index (χ0) is 18.8. The molecular formula is C20H21Cl2NO3. The third kappa shape index (κ3) is 4.32. The molecule has 2 aromatic rings. The lowest BCUT2D eigenvalue weighted by Crippen LogP contribution is -2.49. The van der Waals surface area contributed by atoms with Crippen molar-refractivity contribution < 1.29 is 14.6 Å². The predicted octanol–water partition coefficient (Wildman–Crippen LogP) is 4.71. The molecule has 6 heteroatoms. The number of ether oxygens (including phenoxy) is 1. The second-order valence-corrected chi connectivity index (χ2v) is 7.66. The third-order valence-corrected chi connectivity index (χ3v) is 5.22. The summed E-state index contributed by atoms with van der Waals surface area (Å²) in [5.41, 5.74) is 4.11. The second kappa shape index (κ2) is 7.87. The summed E-state index contributed by atoms with van der Waals surface area (Å²) in [6, 6.07) is 9.52. The Morgan fingerprint density at radius 3 is 2.46 bits per heavy atom. The Bertz CT molecular complexity index is 809. The second-order valence-electron chi connectivity index (χ2n) is 6.81. The molecule has 0 spiro atoms. The Kier molecular flexibility index (Phi) is 5.76. The number of aryl methyl sites for hydroxylation is 2. The first-order valence-electron chi connectivity index (χ1n) is 8.45. The highest BCUT2D eigenvalue weighted by Gasteiger charge is 2.32. The molecule has 1 aliphatic rings. The molecule has 0 unspecified atom stereocenters. The topological polar surface area (TPSA) is 49.8 Å². The fraction of sp³-hybridized carbons (Fsp3) is 0.350. The molecule has 0 saturated carbocycles. The predicted molar refractivity (Wildman–Crippen MR) is 103 cm³/mol. The average molecular weight is 394 g/mol. The molecule has 138 valence electrons. The normalized spacial score (nSPS) is 14.9. The first-order chi connectivity index (χ1) is 12.3. The molecule has 3 rings (SSSR count). The van der Waals surface area contributed by atoms with Gasteiger partial charge in [0.25, 0.3) is 0 Å². The molecule has 2 aromatic carbocycles. The quantitative estimate of drug-likeness (QED) is 0.771. The Balaban J connectivity index is 1.66. The minimum Gasteiger partial charge on any atom is -0.488 e. The summed E-state index contributed by atoms with van der Waals surface area (Å²) < 4.78 is 6.00. The number of benzene rings is 2. The molecule has 0 radical (unpaired) electrons. The van der Waals surface area contributed by atoms with Crippen molar-refractivity contribution in [1.29, 1.82) is 0 Å². The van der Waals surface area contributed by atoms with E-state index in [2.05, 4.69) is 17.0 Å². The van der Waals surface area contributed by atoms with Crippen LogP contribution in [-0.4, -0.2) is 29.1 Å². The van der Waals surface area contributed by atoms with Crippen LogP contribution in [0.15, 0.2) is 30.3 Å². The third-order valence-electron chi connectivity index (χ3n) is 4.61. The number of aliphatic carboxylic acids is 1. The summed E-state index contributed by atoms with van der Waals surface area (Å²) in [6.07, 6.45) is 0. The van der Waals surface area contributed by atoms with Crippen molar-refractivity contribution in [1.82, 2.24) is 4.90 Å². The first kappa shape index (κ1) is 19.0. The van der Waals surface area contributed by atoms with Crippen molar-refractivity contribution in [2.45, 2.75) is 27.0 Å². The van der Waals surface area contributed by atoms with E-state index in [1.54, 1.807) is 12.1 Å². The number of halogens is 2. The van der Waals surface area contributed by atoms with Gasteiger partial charge in [0.2, 0.25) is 0 Å². The summed E-state index contributed by atoms with van der Waals surface area (Å²) in [6.45, 7) is 6.36. The molecule has 0 aliphatic carbocycles. The Morgan fingerprint density at radius 2 is 1.85 bits per heavy atom. The molecule has 0 atom stereocenters. The minimum atomic E-state index is -0.711. The number of rotatable bonds is 6. The van der Waals surface area contributed by atoms with E-state index in [9.17, 15) is 4.79 Å². The van der Waals surface area contributed by atoms with Gasteiger partial charge in [0.15, 0.2) is 0 Å². The van der Waals surface area contributed by atoms with Crippen molar-refractivity contribution in [2.24, 2.45) is 5.92 Å². The number of carbonyl (C=O) groups is 1. The van der Waals surface area contributed by atoms with Crippen LogP contribution in [0.3, 0.4) is 0 Å². The highest BCUT2D eigenvalue weighted by Crippen LogP contribution is 2.29. The molecule has 1 N–H and O–H groups in total. The standard InChI is InChI=1S/C20H21Cl2NO3/c1-12-5-14(8-23-9-16(10-23)20(24)25)6-13(2)19(12)26-11-15-7-17(21)3-4-18(15)22/h3-7,16H,8-11H2,1-2H3,(H,24,25). The van der Waals surface area contributed by atoms with Gasteiger partial charge in [-0.3, -0.25) is 9.69 Å². The lowest BCUT2D eigenvalue weighted by Gasteiger charge is -2.36. The van der Waals surface area contributed by atoms with E-state index in [-0.39, 0.29) is 5.92 Å². The number of likely N-dealkylation sites (tertiary alicyclic amines) is 1.